The number of ether oxygens (including phenoxy) is 2. The Bertz CT molecular complexity index is 922. The second kappa shape index (κ2) is 5.20. The zero-order valence-corrected chi connectivity index (χ0v) is 13.0. The van der Waals surface area contributed by atoms with Crippen molar-refractivity contribution in [2.45, 2.75) is 12.3 Å². The van der Waals surface area contributed by atoms with Crippen LogP contribution in [0.2, 0.25) is 0 Å². The van der Waals surface area contributed by atoms with Crippen molar-refractivity contribution in [3.05, 3.63) is 41.5 Å². The van der Waals surface area contributed by atoms with Crippen LogP contribution in [0.25, 0.3) is 11.0 Å². The predicted molar refractivity (Wildman–Crippen MR) is 84.2 cm³/mol. The molecule has 0 radical (unpaired) electrons. The lowest BCUT2D eigenvalue weighted by Gasteiger charge is -2.25. The summed E-state index contributed by atoms with van der Waals surface area (Å²) in [5.41, 5.74) is 3.24. The zero-order valence-electron chi connectivity index (χ0n) is 12.1. The van der Waals surface area contributed by atoms with Crippen LogP contribution in [0.15, 0.2) is 30.3 Å². The summed E-state index contributed by atoms with van der Waals surface area (Å²) in [6.45, 7) is 0. The normalized spacial score (nSPS) is 16.9. The van der Waals surface area contributed by atoms with Gasteiger partial charge in [-0.2, -0.15) is 8.75 Å². The third kappa shape index (κ3) is 2.20. The number of rotatable bonds is 2. The van der Waals surface area contributed by atoms with Gasteiger partial charge in [-0.05, 0) is 29.8 Å². The maximum atomic E-state index is 12.0. The lowest BCUT2D eigenvalue weighted by Crippen LogP contribution is -2.21. The van der Waals surface area contributed by atoms with Gasteiger partial charge >= 0.3 is 5.97 Å². The highest BCUT2D eigenvalue weighted by molar-refractivity contribution is 7.00. The first-order chi connectivity index (χ1) is 11.2. The van der Waals surface area contributed by atoms with E-state index in [1.165, 1.54) is 7.11 Å². The number of aromatic hydroxyl groups is 1. The van der Waals surface area contributed by atoms with Crippen LogP contribution in [0.4, 0.5) is 0 Å². The van der Waals surface area contributed by atoms with Gasteiger partial charge in [0.1, 0.15) is 16.8 Å². The Hall–Kier alpha value is -2.67. The fourth-order valence-electron chi connectivity index (χ4n) is 2.91. The highest BCUT2D eigenvalue weighted by Crippen LogP contribution is 2.43. The highest BCUT2D eigenvalue weighted by Gasteiger charge is 2.31. The van der Waals surface area contributed by atoms with Gasteiger partial charge < -0.3 is 14.6 Å². The molecule has 0 aliphatic carbocycles. The Labute approximate surface area is 135 Å². The van der Waals surface area contributed by atoms with Gasteiger partial charge in [-0.3, -0.25) is 4.79 Å². The van der Waals surface area contributed by atoms with Crippen LogP contribution < -0.4 is 9.47 Å². The van der Waals surface area contributed by atoms with Crippen LogP contribution in [0.3, 0.4) is 0 Å². The quantitative estimate of drug-likeness (QED) is 0.575. The fourth-order valence-corrected chi connectivity index (χ4v) is 3.46. The lowest BCUT2D eigenvalue weighted by molar-refractivity contribution is -0.135. The van der Waals surface area contributed by atoms with Crippen molar-refractivity contribution >= 4 is 28.7 Å². The van der Waals surface area contributed by atoms with E-state index in [1.54, 1.807) is 30.3 Å². The molecule has 23 heavy (non-hydrogen) atoms. The Kier molecular flexibility index (Phi) is 3.16. The van der Waals surface area contributed by atoms with E-state index in [2.05, 4.69) is 8.75 Å². The zero-order chi connectivity index (χ0) is 16.0. The number of phenolic OH excluding ortho intramolecular Hbond substituents is 1. The lowest BCUT2D eigenvalue weighted by atomic mass is 9.85. The van der Waals surface area contributed by atoms with Crippen molar-refractivity contribution in [1.29, 1.82) is 0 Å². The first-order valence-electron chi connectivity index (χ1n) is 7.00. The van der Waals surface area contributed by atoms with Crippen LogP contribution in [0.5, 0.6) is 17.2 Å². The number of nitrogens with zero attached hydrogens (tertiary/aromatic N) is 2. The molecule has 0 unspecified atom stereocenters. The molecule has 0 saturated carbocycles. The number of carbonyl (C=O) groups is 1. The van der Waals surface area contributed by atoms with Crippen molar-refractivity contribution in [2.75, 3.05) is 7.11 Å². The summed E-state index contributed by atoms with van der Waals surface area (Å²) in [6, 6.07) is 8.63. The molecular weight excluding hydrogens is 316 g/mol. The number of phenols is 1. The average molecular weight is 328 g/mol. The average Bonchev–Trinajstić information content (AvgIpc) is 3.03. The molecule has 4 rings (SSSR count). The van der Waals surface area contributed by atoms with Crippen LogP contribution in [0, 0.1) is 0 Å². The topological polar surface area (TPSA) is 81.5 Å². The molecule has 0 saturated heterocycles. The van der Waals surface area contributed by atoms with E-state index >= 15 is 0 Å². The number of benzene rings is 2. The van der Waals surface area contributed by atoms with Gasteiger partial charge in [-0.25, -0.2) is 0 Å². The Balaban J connectivity index is 1.93. The molecule has 0 spiro atoms. The summed E-state index contributed by atoms with van der Waals surface area (Å²) >= 11 is 1.13. The molecule has 3 aromatic rings. The first kappa shape index (κ1) is 14.0. The summed E-state index contributed by atoms with van der Waals surface area (Å²) in [5, 5.41) is 9.78. The van der Waals surface area contributed by atoms with E-state index < -0.39 is 0 Å². The minimum absolute atomic E-state index is 0.0587. The summed E-state index contributed by atoms with van der Waals surface area (Å²) in [4.78, 5) is 12.0. The van der Waals surface area contributed by atoms with Gasteiger partial charge in [0.2, 0.25) is 0 Å². The SMILES string of the molecule is COc1cc([C@H]2CC(=O)Oc3ccc4nsnc4c32)ccc1O. The molecule has 1 N–H and O–H groups in total. The number of aromatic nitrogens is 2. The third-order valence-electron chi connectivity index (χ3n) is 3.98. The molecule has 6 nitrogen and oxygen atoms in total. The van der Waals surface area contributed by atoms with Crippen molar-refractivity contribution in [3.8, 4) is 17.2 Å². The minimum atomic E-state index is -0.294. The third-order valence-corrected chi connectivity index (χ3v) is 4.52. The molecule has 1 aromatic heterocycles. The number of hydrogen-bond acceptors (Lipinski definition) is 7. The molecule has 2 heterocycles. The molecule has 1 aliphatic rings. The van der Waals surface area contributed by atoms with E-state index in [0.717, 1.165) is 33.9 Å². The summed E-state index contributed by atoms with van der Waals surface area (Å²) in [7, 11) is 1.49. The van der Waals surface area contributed by atoms with Crippen molar-refractivity contribution in [1.82, 2.24) is 8.75 Å². The smallest absolute Gasteiger partial charge is 0.312 e. The van der Waals surface area contributed by atoms with E-state index in [1.807, 2.05) is 0 Å². The van der Waals surface area contributed by atoms with E-state index in [4.69, 9.17) is 9.47 Å². The number of fused-ring (bicyclic) bond motifs is 3. The molecule has 0 amide bonds. The summed E-state index contributed by atoms with van der Waals surface area (Å²) in [6.07, 6.45) is 0.206. The standard InChI is InChI=1S/C16H12N2O4S/c1-21-13-6-8(2-4-11(13)19)9-7-14(20)22-12-5-3-10-16(15(9)12)18-23-17-10/h2-6,9,19H,7H2,1H3/t9-/m1/s1. The minimum Gasteiger partial charge on any atom is -0.504 e. The molecule has 0 bridgehead atoms. The van der Waals surface area contributed by atoms with E-state index in [9.17, 15) is 9.90 Å². The fraction of sp³-hybridized carbons (Fsp3) is 0.188. The monoisotopic (exact) mass is 328 g/mol. The molecule has 1 aliphatic heterocycles. The largest absolute Gasteiger partial charge is 0.504 e. The van der Waals surface area contributed by atoms with Crippen LogP contribution in [-0.4, -0.2) is 26.9 Å². The van der Waals surface area contributed by atoms with Crippen molar-refractivity contribution in [3.63, 3.8) is 0 Å². The second-order valence-corrected chi connectivity index (χ2v) is 5.80. The van der Waals surface area contributed by atoms with E-state index in [-0.39, 0.29) is 24.1 Å². The van der Waals surface area contributed by atoms with E-state index in [0.29, 0.717) is 11.5 Å². The Morgan fingerprint density at radius 3 is 3.00 bits per heavy atom. The molecule has 1 atom stereocenters. The van der Waals surface area contributed by atoms with Gasteiger partial charge in [0, 0.05) is 11.5 Å². The maximum absolute atomic E-state index is 12.0. The summed E-state index contributed by atoms with van der Waals surface area (Å²) in [5.74, 6) is 0.430. The molecular formula is C16H12N2O4S. The van der Waals surface area contributed by atoms with Gasteiger partial charge in [0.25, 0.3) is 0 Å². The van der Waals surface area contributed by atoms with Crippen molar-refractivity contribution in [2.24, 2.45) is 0 Å². The van der Waals surface area contributed by atoms with Gasteiger partial charge in [0.15, 0.2) is 11.5 Å². The van der Waals surface area contributed by atoms with Gasteiger partial charge in [-0.15, -0.1) is 0 Å². The number of carbonyl (C=O) groups excluding carboxylic acids is 1. The molecule has 0 fully saturated rings. The Morgan fingerprint density at radius 2 is 2.17 bits per heavy atom. The second-order valence-electron chi connectivity index (χ2n) is 5.27. The van der Waals surface area contributed by atoms with Crippen molar-refractivity contribution < 1.29 is 19.4 Å². The molecule has 2 aromatic carbocycles. The molecule has 116 valence electrons. The summed E-state index contributed by atoms with van der Waals surface area (Å²) < 4.78 is 19.1. The molecule has 7 heteroatoms. The first-order valence-corrected chi connectivity index (χ1v) is 7.73. The van der Waals surface area contributed by atoms with Crippen LogP contribution in [0.1, 0.15) is 23.5 Å². The Morgan fingerprint density at radius 1 is 1.30 bits per heavy atom. The number of methoxy groups -OCH3 is 1. The van der Waals surface area contributed by atoms with Gasteiger partial charge in [0.05, 0.1) is 25.3 Å². The maximum Gasteiger partial charge on any atom is 0.312 e. The van der Waals surface area contributed by atoms with Crippen LogP contribution in [-0.2, 0) is 4.79 Å². The number of esters is 1. The highest BCUT2D eigenvalue weighted by atomic mass is 32.1. The number of hydrogen-bond donors (Lipinski definition) is 1. The van der Waals surface area contributed by atoms with Gasteiger partial charge in [-0.1, -0.05) is 6.07 Å². The predicted octanol–water partition coefficient (Wildman–Crippen LogP) is 2.85. The van der Waals surface area contributed by atoms with Crippen LogP contribution >= 0.6 is 11.7 Å².